The standard InChI is InChI=1S/C15H18N2O2S/c16-15-17-12-7-6-11(8-13(12)20-15)14(18)19-9-10-4-2-1-3-5-10/h6-8,10H,1-5,9H2,(H2,16,17). The lowest BCUT2D eigenvalue weighted by Crippen LogP contribution is -2.16. The molecule has 0 atom stereocenters. The van der Waals surface area contributed by atoms with Crippen LogP contribution >= 0.6 is 11.3 Å². The smallest absolute Gasteiger partial charge is 0.338 e. The summed E-state index contributed by atoms with van der Waals surface area (Å²) in [6.07, 6.45) is 6.19. The van der Waals surface area contributed by atoms with Crippen molar-refractivity contribution >= 4 is 32.7 Å². The third-order valence-electron chi connectivity index (χ3n) is 3.82. The predicted molar refractivity (Wildman–Crippen MR) is 80.9 cm³/mol. The molecule has 5 heteroatoms. The van der Waals surface area contributed by atoms with Gasteiger partial charge in [0.2, 0.25) is 0 Å². The molecule has 2 N–H and O–H groups in total. The number of fused-ring (bicyclic) bond motifs is 1. The Bertz CT molecular complexity index is 617. The number of thiazole rings is 1. The Balaban J connectivity index is 1.65. The zero-order valence-corrected chi connectivity index (χ0v) is 12.1. The Morgan fingerprint density at radius 3 is 2.95 bits per heavy atom. The molecule has 1 aliphatic carbocycles. The molecule has 0 bridgehead atoms. The van der Waals surface area contributed by atoms with E-state index in [-0.39, 0.29) is 5.97 Å². The van der Waals surface area contributed by atoms with E-state index in [2.05, 4.69) is 4.98 Å². The van der Waals surface area contributed by atoms with Gasteiger partial charge in [0.15, 0.2) is 5.13 Å². The Morgan fingerprint density at radius 1 is 1.35 bits per heavy atom. The number of aromatic nitrogens is 1. The Hall–Kier alpha value is -1.62. The number of hydrogen-bond acceptors (Lipinski definition) is 5. The highest BCUT2D eigenvalue weighted by molar-refractivity contribution is 7.22. The van der Waals surface area contributed by atoms with Crippen LogP contribution in [0.2, 0.25) is 0 Å². The lowest BCUT2D eigenvalue weighted by atomic mass is 9.90. The number of nitrogens with zero attached hydrogens (tertiary/aromatic N) is 1. The fraction of sp³-hybridized carbons (Fsp3) is 0.467. The van der Waals surface area contributed by atoms with E-state index in [1.165, 1.54) is 43.4 Å². The number of anilines is 1. The molecule has 106 valence electrons. The van der Waals surface area contributed by atoms with Crippen LogP contribution < -0.4 is 5.73 Å². The lowest BCUT2D eigenvalue weighted by molar-refractivity contribution is 0.0410. The molecule has 0 saturated heterocycles. The van der Waals surface area contributed by atoms with Crippen LogP contribution in [0, 0.1) is 5.92 Å². The third kappa shape index (κ3) is 2.93. The zero-order chi connectivity index (χ0) is 13.9. The van der Waals surface area contributed by atoms with Crippen molar-refractivity contribution in [2.24, 2.45) is 5.92 Å². The van der Waals surface area contributed by atoms with Gasteiger partial charge >= 0.3 is 5.97 Å². The first-order chi connectivity index (χ1) is 9.72. The first kappa shape index (κ1) is 13.4. The maximum Gasteiger partial charge on any atom is 0.338 e. The minimum Gasteiger partial charge on any atom is -0.462 e. The topological polar surface area (TPSA) is 65.2 Å². The number of rotatable bonds is 3. The molecule has 0 unspecified atom stereocenters. The fourth-order valence-electron chi connectivity index (χ4n) is 2.70. The van der Waals surface area contributed by atoms with E-state index in [0.717, 1.165) is 10.2 Å². The number of nitrogen functional groups attached to an aromatic ring is 1. The quantitative estimate of drug-likeness (QED) is 0.877. The maximum atomic E-state index is 12.1. The van der Waals surface area contributed by atoms with Crippen molar-refractivity contribution in [1.82, 2.24) is 4.98 Å². The molecule has 1 saturated carbocycles. The summed E-state index contributed by atoms with van der Waals surface area (Å²) in [6, 6.07) is 5.39. The summed E-state index contributed by atoms with van der Waals surface area (Å²) in [7, 11) is 0. The Morgan fingerprint density at radius 2 is 2.15 bits per heavy atom. The van der Waals surface area contributed by atoms with Crippen LogP contribution in [0.5, 0.6) is 0 Å². The first-order valence-electron chi connectivity index (χ1n) is 7.05. The molecule has 20 heavy (non-hydrogen) atoms. The molecule has 1 heterocycles. The molecular formula is C15H18N2O2S. The Labute approximate surface area is 122 Å². The highest BCUT2D eigenvalue weighted by Crippen LogP contribution is 2.26. The van der Waals surface area contributed by atoms with Crippen molar-refractivity contribution < 1.29 is 9.53 Å². The van der Waals surface area contributed by atoms with Crippen LogP contribution in [0.25, 0.3) is 10.2 Å². The Kier molecular flexibility index (Phi) is 3.87. The predicted octanol–water partition coefficient (Wildman–Crippen LogP) is 3.62. The van der Waals surface area contributed by atoms with Crippen molar-refractivity contribution in [3.05, 3.63) is 23.8 Å². The molecule has 4 nitrogen and oxygen atoms in total. The highest BCUT2D eigenvalue weighted by Gasteiger charge is 2.16. The summed E-state index contributed by atoms with van der Waals surface area (Å²) in [4.78, 5) is 16.2. The van der Waals surface area contributed by atoms with Gasteiger partial charge in [-0.2, -0.15) is 0 Å². The van der Waals surface area contributed by atoms with Crippen molar-refractivity contribution in [3.8, 4) is 0 Å². The molecule has 1 fully saturated rings. The molecule has 0 aliphatic heterocycles. The molecule has 0 amide bonds. The van der Waals surface area contributed by atoms with Gasteiger partial charge in [-0.15, -0.1) is 0 Å². The van der Waals surface area contributed by atoms with Crippen LogP contribution in [0.3, 0.4) is 0 Å². The van der Waals surface area contributed by atoms with Crippen LogP contribution in [0.4, 0.5) is 5.13 Å². The average molecular weight is 290 g/mol. The van der Waals surface area contributed by atoms with Gasteiger partial charge in [0.25, 0.3) is 0 Å². The third-order valence-corrected chi connectivity index (χ3v) is 4.66. The van der Waals surface area contributed by atoms with Crippen molar-refractivity contribution in [2.75, 3.05) is 12.3 Å². The highest BCUT2D eigenvalue weighted by atomic mass is 32.1. The molecule has 0 spiro atoms. The van der Waals surface area contributed by atoms with Gasteiger partial charge in [-0.3, -0.25) is 0 Å². The van der Waals surface area contributed by atoms with Gasteiger partial charge in [-0.05, 0) is 37.0 Å². The van der Waals surface area contributed by atoms with Gasteiger partial charge < -0.3 is 10.5 Å². The summed E-state index contributed by atoms with van der Waals surface area (Å²) in [5.74, 6) is 0.292. The molecule has 2 aromatic rings. The monoisotopic (exact) mass is 290 g/mol. The van der Waals surface area contributed by atoms with Gasteiger partial charge in [0.05, 0.1) is 22.4 Å². The summed E-state index contributed by atoms with van der Waals surface area (Å²) >= 11 is 1.39. The number of nitrogens with two attached hydrogens (primary N) is 1. The minimum atomic E-state index is -0.246. The first-order valence-corrected chi connectivity index (χ1v) is 7.87. The summed E-state index contributed by atoms with van der Waals surface area (Å²) in [6.45, 7) is 0.543. The zero-order valence-electron chi connectivity index (χ0n) is 11.3. The fourth-order valence-corrected chi connectivity index (χ4v) is 3.47. The second-order valence-corrected chi connectivity index (χ2v) is 6.40. The van der Waals surface area contributed by atoms with Crippen LogP contribution in [0.15, 0.2) is 18.2 Å². The summed E-state index contributed by atoms with van der Waals surface area (Å²) < 4.78 is 6.36. The van der Waals surface area contributed by atoms with E-state index < -0.39 is 0 Å². The number of esters is 1. The number of hydrogen-bond donors (Lipinski definition) is 1. The number of carbonyl (C=O) groups excluding carboxylic acids is 1. The summed E-state index contributed by atoms with van der Waals surface area (Å²) in [5.41, 5.74) is 7.07. The molecule has 1 aliphatic rings. The largest absolute Gasteiger partial charge is 0.462 e. The normalized spacial score (nSPS) is 16.4. The molecule has 0 radical (unpaired) electrons. The lowest BCUT2D eigenvalue weighted by Gasteiger charge is -2.20. The van der Waals surface area contributed by atoms with E-state index in [4.69, 9.17) is 10.5 Å². The van der Waals surface area contributed by atoms with Crippen molar-refractivity contribution in [2.45, 2.75) is 32.1 Å². The van der Waals surface area contributed by atoms with Crippen molar-refractivity contribution in [1.29, 1.82) is 0 Å². The second kappa shape index (κ2) is 5.79. The van der Waals surface area contributed by atoms with E-state index in [9.17, 15) is 4.79 Å². The molecular weight excluding hydrogens is 272 g/mol. The molecule has 3 rings (SSSR count). The van der Waals surface area contributed by atoms with E-state index in [1.807, 2.05) is 12.1 Å². The van der Waals surface area contributed by atoms with Crippen LogP contribution in [0.1, 0.15) is 42.5 Å². The second-order valence-electron chi connectivity index (χ2n) is 5.34. The van der Waals surface area contributed by atoms with E-state index in [0.29, 0.717) is 23.2 Å². The molecule has 1 aromatic heterocycles. The van der Waals surface area contributed by atoms with Crippen LogP contribution in [-0.4, -0.2) is 17.6 Å². The average Bonchev–Trinajstić information content (AvgIpc) is 2.85. The van der Waals surface area contributed by atoms with Crippen molar-refractivity contribution in [3.63, 3.8) is 0 Å². The van der Waals surface area contributed by atoms with E-state index >= 15 is 0 Å². The van der Waals surface area contributed by atoms with Gasteiger partial charge in [0, 0.05) is 0 Å². The number of benzene rings is 1. The molecule has 1 aromatic carbocycles. The minimum absolute atomic E-state index is 0.246. The number of carbonyl (C=O) groups is 1. The number of ether oxygens (including phenoxy) is 1. The van der Waals surface area contributed by atoms with Gasteiger partial charge in [-0.1, -0.05) is 30.6 Å². The van der Waals surface area contributed by atoms with Gasteiger partial charge in [-0.25, -0.2) is 9.78 Å². The maximum absolute atomic E-state index is 12.1. The van der Waals surface area contributed by atoms with E-state index in [1.54, 1.807) is 6.07 Å². The van der Waals surface area contributed by atoms with Gasteiger partial charge in [0.1, 0.15) is 0 Å². The summed E-state index contributed by atoms with van der Waals surface area (Å²) in [5, 5.41) is 0.521. The SMILES string of the molecule is Nc1nc2ccc(C(=O)OCC3CCCCC3)cc2s1. The van der Waals surface area contributed by atoms with Crippen LogP contribution in [-0.2, 0) is 4.74 Å².